The molecular formula is C32H33F3N4O3. The minimum absolute atomic E-state index is 0.379. The van der Waals surface area contributed by atoms with Crippen LogP contribution in [-0.4, -0.2) is 54.1 Å². The van der Waals surface area contributed by atoms with E-state index in [1.165, 1.54) is 18.5 Å². The molecule has 1 fully saturated rings. The average molecular weight is 579 g/mol. The standard InChI is InChI=1S/C32H33F3N4O3/c1-3-39-14-4-5-20(17-39)18-42-28-15-25-26(16-27(28)41-2)37-19-38-30(25)23-8-6-21(7-9-23)29(31(36)40)22-10-12-24(13-11-22)32(33,34)35/h6-13,15-16,19-20,29H,3-5,14,17-18H2,1-2H3,(H2,36,40). The molecule has 10 heteroatoms. The van der Waals surface area contributed by atoms with Gasteiger partial charge in [-0.2, -0.15) is 13.2 Å². The normalized spacial score (nSPS) is 16.7. The molecule has 220 valence electrons. The number of benzene rings is 3. The van der Waals surface area contributed by atoms with E-state index in [4.69, 9.17) is 15.2 Å². The van der Waals surface area contributed by atoms with E-state index in [-0.39, 0.29) is 0 Å². The number of ether oxygens (including phenoxy) is 2. The molecule has 1 aliphatic heterocycles. The van der Waals surface area contributed by atoms with Crippen LogP contribution in [-0.2, 0) is 11.0 Å². The number of primary amides is 1. The second kappa shape index (κ2) is 12.4. The third-order valence-corrected chi connectivity index (χ3v) is 7.82. The molecule has 5 rings (SSSR count). The van der Waals surface area contributed by atoms with Crippen molar-refractivity contribution < 1.29 is 27.4 Å². The van der Waals surface area contributed by atoms with Gasteiger partial charge in [-0.15, -0.1) is 0 Å². The zero-order valence-electron chi connectivity index (χ0n) is 23.5. The highest BCUT2D eigenvalue weighted by Gasteiger charge is 2.31. The van der Waals surface area contributed by atoms with Crippen molar-refractivity contribution in [3.63, 3.8) is 0 Å². The summed E-state index contributed by atoms with van der Waals surface area (Å²) in [6, 6.07) is 15.3. The zero-order valence-corrected chi connectivity index (χ0v) is 23.5. The van der Waals surface area contributed by atoms with E-state index in [1.54, 1.807) is 19.2 Å². The molecule has 2 atom stereocenters. The number of hydrogen-bond acceptors (Lipinski definition) is 6. The minimum atomic E-state index is -4.47. The van der Waals surface area contributed by atoms with Gasteiger partial charge in [0.25, 0.3) is 0 Å². The van der Waals surface area contributed by atoms with Crippen LogP contribution in [0.5, 0.6) is 11.5 Å². The van der Waals surface area contributed by atoms with Gasteiger partial charge in [0, 0.05) is 29.5 Å². The lowest BCUT2D eigenvalue weighted by Gasteiger charge is -2.31. The highest BCUT2D eigenvalue weighted by Crippen LogP contribution is 2.37. The molecule has 1 aromatic heterocycles. The minimum Gasteiger partial charge on any atom is -0.493 e. The summed E-state index contributed by atoms with van der Waals surface area (Å²) >= 11 is 0. The van der Waals surface area contributed by atoms with Gasteiger partial charge in [0.15, 0.2) is 11.5 Å². The van der Waals surface area contributed by atoms with Crippen LogP contribution in [0.3, 0.4) is 0 Å². The van der Waals surface area contributed by atoms with E-state index in [2.05, 4.69) is 21.8 Å². The number of nitrogens with two attached hydrogens (primary N) is 1. The number of nitrogens with zero attached hydrogens (tertiary/aromatic N) is 3. The summed E-state index contributed by atoms with van der Waals surface area (Å²) in [6.07, 6.45) is -0.725. The number of piperidine rings is 1. The highest BCUT2D eigenvalue weighted by atomic mass is 19.4. The molecule has 2 heterocycles. The van der Waals surface area contributed by atoms with Crippen LogP contribution in [0.1, 0.15) is 42.4 Å². The predicted molar refractivity (Wildman–Crippen MR) is 154 cm³/mol. The number of likely N-dealkylation sites (tertiary alicyclic amines) is 1. The first-order valence-corrected chi connectivity index (χ1v) is 13.9. The number of rotatable bonds is 9. The molecule has 42 heavy (non-hydrogen) atoms. The van der Waals surface area contributed by atoms with Gasteiger partial charge in [0.2, 0.25) is 5.91 Å². The molecule has 0 spiro atoms. The van der Waals surface area contributed by atoms with Crippen molar-refractivity contribution in [2.45, 2.75) is 31.9 Å². The van der Waals surface area contributed by atoms with Gasteiger partial charge in [-0.05, 0) is 55.3 Å². The van der Waals surface area contributed by atoms with Crippen LogP contribution in [0.4, 0.5) is 13.2 Å². The van der Waals surface area contributed by atoms with Crippen LogP contribution in [0.15, 0.2) is 67.0 Å². The maximum atomic E-state index is 13.0. The quantitative estimate of drug-likeness (QED) is 0.260. The fourth-order valence-electron chi connectivity index (χ4n) is 5.57. The summed E-state index contributed by atoms with van der Waals surface area (Å²) in [5.74, 6) is 0.0648. The van der Waals surface area contributed by atoms with Crippen molar-refractivity contribution in [3.8, 4) is 22.8 Å². The lowest BCUT2D eigenvalue weighted by atomic mass is 9.89. The van der Waals surface area contributed by atoms with Crippen LogP contribution in [0.2, 0.25) is 0 Å². The number of methoxy groups -OCH3 is 1. The average Bonchev–Trinajstić information content (AvgIpc) is 2.99. The van der Waals surface area contributed by atoms with Crippen molar-refractivity contribution in [1.82, 2.24) is 14.9 Å². The maximum absolute atomic E-state index is 13.0. The number of hydrogen-bond donors (Lipinski definition) is 1. The van der Waals surface area contributed by atoms with Gasteiger partial charge < -0.3 is 20.1 Å². The van der Waals surface area contributed by atoms with E-state index in [0.717, 1.165) is 55.6 Å². The largest absolute Gasteiger partial charge is 0.493 e. The van der Waals surface area contributed by atoms with Crippen LogP contribution >= 0.6 is 0 Å². The van der Waals surface area contributed by atoms with E-state index in [1.807, 2.05) is 24.3 Å². The van der Waals surface area contributed by atoms with E-state index in [0.29, 0.717) is 46.4 Å². The number of amides is 1. The number of alkyl halides is 3. The second-order valence-electron chi connectivity index (χ2n) is 10.5. The smallest absolute Gasteiger partial charge is 0.416 e. The number of halogens is 3. The number of fused-ring (bicyclic) bond motifs is 1. The highest BCUT2D eigenvalue weighted by molar-refractivity contribution is 5.94. The Morgan fingerprint density at radius 1 is 1.05 bits per heavy atom. The number of carbonyl (C=O) groups is 1. The molecule has 0 aliphatic carbocycles. The van der Waals surface area contributed by atoms with E-state index >= 15 is 0 Å². The molecule has 1 amide bonds. The van der Waals surface area contributed by atoms with Crippen LogP contribution in [0.25, 0.3) is 22.2 Å². The Morgan fingerprint density at radius 2 is 1.74 bits per heavy atom. The summed E-state index contributed by atoms with van der Waals surface area (Å²) in [5, 5.41) is 0.772. The molecule has 1 saturated heterocycles. The van der Waals surface area contributed by atoms with Crippen molar-refractivity contribution in [2.75, 3.05) is 33.4 Å². The van der Waals surface area contributed by atoms with E-state index in [9.17, 15) is 18.0 Å². The Kier molecular flexibility index (Phi) is 8.63. The van der Waals surface area contributed by atoms with Gasteiger partial charge in [0.1, 0.15) is 6.33 Å². The van der Waals surface area contributed by atoms with Crippen LogP contribution < -0.4 is 15.2 Å². The van der Waals surface area contributed by atoms with E-state index < -0.39 is 23.6 Å². The fourth-order valence-corrected chi connectivity index (χ4v) is 5.57. The molecule has 4 aromatic rings. The molecule has 2 N–H and O–H groups in total. The Morgan fingerprint density at radius 3 is 2.36 bits per heavy atom. The Labute approximate surface area is 242 Å². The predicted octanol–water partition coefficient (Wildman–Crippen LogP) is 6.05. The molecule has 1 aliphatic rings. The third kappa shape index (κ3) is 6.33. The van der Waals surface area contributed by atoms with Crippen LogP contribution in [0, 0.1) is 5.92 Å². The number of aromatic nitrogens is 2. The third-order valence-electron chi connectivity index (χ3n) is 7.82. The summed E-state index contributed by atoms with van der Waals surface area (Å²) in [4.78, 5) is 23.8. The summed E-state index contributed by atoms with van der Waals surface area (Å²) in [7, 11) is 1.60. The molecule has 0 bridgehead atoms. The molecular weight excluding hydrogens is 545 g/mol. The Hall–Kier alpha value is -4.18. The van der Waals surface area contributed by atoms with Gasteiger partial charge >= 0.3 is 6.18 Å². The topological polar surface area (TPSA) is 90.6 Å². The van der Waals surface area contributed by atoms with Crippen molar-refractivity contribution >= 4 is 16.8 Å². The van der Waals surface area contributed by atoms with Crippen molar-refractivity contribution in [1.29, 1.82) is 0 Å². The lowest BCUT2D eigenvalue weighted by Crippen LogP contribution is -2.37. The van der Waals surface area contributed by atoms with Gasteiger partial charge in [-0.25, -0.2) is 9.97 Å². The fraction of sp³-hybridized carbons (Fsp3) is 0.344. The summed E-state index contributed by atoms with van der Waals surface area (Å²) < 4.78 is 51.0. The summed E-state index contributed by atoms with van der Waals surface area (Å²) in [5.41, 5.74) is 7.94. The SMILES string of the molecule is CCN1CCCC(COc2cc3c(-c4ccc(C(C(N)=O)c5ccc(C(F)(F)F)cc5)cc4)ncnc3cc2OC)C1. The Balaban J connectivity index is 1.43. The lowest BCUT2D eigenvalue weighted by molar-refractivity contribution is -0.137. The monoisotopic (exact) mass is 578 g/mol. The molecule has 3 aromatic carbocycles. The second-order valence-corrected chi connectivity index (χ2v) is 10.5. The molecule has 7 nitrogen and oxygen atoms in total. The van der Waals surface area contributed by atoms with Crippen molar-refractivity contribution in [3.05, 3.63) is 83.7 Å². The summed E-state index contributed by atoms with van der Waals surface area (Å²) in [6.45, 7) is 5.91. The number of carbonyl (C=O) groups excluding carboxylic acids is 1. The molecule has 0 radical (unpaired) electrons. The molecule has 0 saturated carbocycles. The first-order valence-electron chi connectivity index (χ1n) is 13.9. The van der Waals surface area contributed by atoms with Gasteiger partial charge in [0.05, 0.1) is 36.4 Å². The zero-order chi connectivity index (χ0) is 29.9. The Bertz CT molecular complexity index is 1540. The van der Waals surface area contributed by atoms with Gasteiger partial charge in [-0.1, -0.05) is 43.3 Å². The maximum Gasteiger partial charge on any atom is 0.416 e. The van der Waals surface area contributed by atoms with Crippen molar-refractivity contribution in [2.24, 2.45) is 11.7 Å². The van der Waals surface area contributed by atoms with Gasteiger partial charge in [-0.3, -0.25) is 4.79 Å². The first kappa shape index (κ1) is 29.3. The molecule has 2 unspecified atom stereocenters. The first-order chi connectivity index (χ1) is 20.2.